The fourth-order valence-corrected chi connectivity index (χ4v) is 3.95. The molecule has 1 aliphatic rings. The maximum Gasteiger partial charge on any atom is 0.306 e. The molecule has 3 rings (SSSR count). The molecule has 1 saturated heterocycles. The van der Waals surface area contributed by atoms with Crippen LogP contribution in [0.2, 0.25) is 0 Å². The van der Waals surface area contributed by atoms with Crippen molar-refractivity contribution in [2.75, 3.05) is 44.4 Å². The first-order chi connectivity index (χ1) is 17.5. The number of carbonyl (C=O) groups is 3. The number of primary amides is 1. The molecule has 36 heavy (non-hydrogen) atoms. The molecule has 0 unspecified atom stereocenters. The third-order valence-corrected chi connectivity index (χ3v) is 5.84. The number of nitrogens with one attached hydrogen (secondary N) is 1. The van der Waals surface area contributed by atoms with Crippen LogP contribution < -0.4 is 16.0 Å². The number of nitriles is 1. The molecule has 1 aliphatic heterocycles. The molecule has 2 amide bonds. The van der Waals surface area contributed by atoms with E-state index in [9.17, 15) is 19.6 Å². The Labute approximate surface area is 210 Å². The van der Waals surface area contributed by atoms with E-state index < -0.39 is 17.8 Å². The maximum atomic E-state index is 12.4. The lowest BCUT2D eigenvalue weighted by Gasteiger charge is -2.29. The number of hydrogen-bond acceptors (Lipinski definition) is 7. The Morgan fingerprint density at radius 1 is 1.00 bits per heavy atom. The minimum atomic E-state index is -0.563. The van der Waals surface area contributed by atoms with Crippen molar-refractivity contribution >= 4 is 40.3 Å². The average molecular weight is 493 g/mol. The minimum Gasteiger partial charge on any atom is -0.463 e. The minimum absolute atomic E-state index is 0.00247. The molecule has 9 nitrogen and oxygen atoms in total. The number of rotatable bonds is 12. The zero-order valence-corrected chi connectivity index (χ0v) is 20.3. The summed E-state index contributed by atoms with van der Waals surface area (Å²) in [6.07, 6.45) is 5.19. The van der Waals surface area contributed by atoms with Crippen LogP contribution in [-0.2, 0) is 23.9 Å². The number of nitrogens with two attached hydrogens (primary N) is 1. The summed E-state index contributed by atoms with van der Waals surface area (Å²) in [6, 6.07) is 14.2. The van der Waals surface area contributed by atoms with Gasteiger partial charge in [0.2, 0.25) is 5.91 Å². The highest BCUT2D eigenvalue weighted by Gasteiger charge is 2.12. The molecule has 2 aromatic carbocycles. The highest BCUT2D eigenvalue weighted by molar-refractivity contribution is 6.02. The lowest BCUT2D eigenvalue weighted by molar-refractivity contribution is -0.146. The van der Waals surface area contributed by atoms with Gasteiger partial charge < -0.3 is 25.4 Å². The number of fused-ring (bicyclic) bond motifs is 1. The molecule has 0 atom stereocenters. The summed E-state index contributed by atoms with van der Waals surface area (Å²) in [5, 5.41) is 14.3. The first kappa shape index (κ1) is 26.7. The zero-order valence-electron chi connectivity index (χ0n) is 20.3. The average Bonchev–Trinajstić information content (AvgIpc) is 2.90. The highest BCUT2D eigenvalue weighted by atomic mass is 16.6. The number of benzene rings is 2. The standard InChI is InChI=1S/C27H32N4O5/c28-19-23(27(34)30-10-13-35-14-15-36-26(33)9-8-25(29)32)17-20-4-5-22-18-24(7-6-21(22)16-20)31-11-2-1-3-12-31/h4-7,16-18H,1-3,8-15H2,(H2,29,32)(H,30,34)/b23-17+. The Hall–Kier alpha value is -3.90. The van der Waals surface area contributed by atoms with Gasteiger partial charge in [-0.15, -0.1) is 0 Å². The third kappa shape index (κ3) is 8.40. The van der Waals surface area contributed by atoms with Gasteiger partial charge in [0.25, 0.3) is 5.91 Å². The number of anilines is 1. The van der Waals surface area contributed by atoms with E-state index in [1.165, 1.54) is 24.9 Å². The molecular formula is C27H32N4O5. The van der Waals surface area contributed by atoms with Gasteiger partial charge in [-0.2, -0.15) is 5.26 Å². The number of amides is 2. The fraction of sp³-hybridized carbons (Fsp3) is 0.407. The van der Waals surface area contributed by atoms with Crippen molar-refractivity contribution in [2.45, 2.75) is 32.1 Å². The number of piperidine rings is 1. The normalized spacial score (nSPS) is 13.8. The van der Waals surface area contributed by atoms with E-state index >= 15 is 0 Å². The second kappa shape index (κ2) is 13.9. The lowest BCUT2D eigenvalue weighted by atomic mass is 10.0. The molecule has 0 saturated carbocycles. The van der Waals surface area contributed by atoms with Crippen LogP contribution in [0.5, 0.6) is 0 Å². The molecule has 2 aromatic rings. The van der Waals surface area contributed by atoms with Crippen LogP contribution in [-0.4, -0.2) is 57.2 Å². The van der Waals surface area contributed by atoms with Gasteiger partial charge in [-0.05, 0) is 59.9 Å². The number of ether oxygens (including phenoxy) is 2. The lowest BCUT2D eigenvalue weighted by Crippen LogP contribution is -2.29. The first-order valence-electron chi connectivity index (χ1n) is 12.2. The molecular weight excluding hydrogens is 460 g/mol. The summed E-state index contributed by atoms with van der Waals surface area (Å²) in [6.45, 7) is 2.75. The summed E-state index contributed by atoms with van der Waals surface area (Å²) >= 11 is 0. The van der Waals surface area contributed by atoms with E-state index in [0.717, 1.165) is 29.4 Å². The molecule has 9 heteroatoms. The summed E-state index contributed by atoms with van der Waals surface area (Å²) in [5.74, 6) is -1.57. The molecule has 1 fully saturated rings. The molecule has 190 valence electrons. The molecule has 1 heterocycles. The van der Waals surface area contributed by atoms with Crippen molar-refractivity contribution in [3.63, 3.8) is 0 Å². The van der Waals surface area contributed by atoms with Crippen LogP contribution in [0.25, 0.3) is 16.8 Å². The van der Waals surface area contributed by atoms with Gasteiger partial charge in [0.05, 0.1) is 19.6 Å². The second-order valence-electron chi connectivity index (χ2n) is 8.56. The summed E-state index contributed by atoms with van der Waals surface area (Å²) < 4.78 is 10.2. The highest BCUT2D eigenvalue weighted by Crippen LogP contribution is 2.26. The van der Waals surface area contributed by atoms with Crippen molar-refractivity contribution in [3.8, 4) is 6.07 Å². The van der Waals surface area contributed by atoms with E-state index in [0.29, 0.717) is 0 Å². The third-order valence-electron chi connectivity index (χ3n) is 5.84. The predicted octanol–water partition coefficient (Wildman–Crippen LogP) is 2.68. The number of carbonyl (C=O) groups excluding carboxylic acids is 3. The monoisotopic (exact) mass is 492 g/mol. The van der Waals surface area contributed by atoms with Gasteiger partial charge in [-0.3, -0.25) is 14.4 Å². The summed E-state index contributed by atoms with van der Waals surface area (Å²) in [5.41, 5.74) is 6.97. The Bertz CT molecular complexity index is 1150. The van der Waals surface area contributed by atoms with E-state index in [1.807, 2.05) is 24.3 Å². The summed E-state index contributed by atoms with van der Waals surface area (Å²) in [7, 11) is 0. The fourth-order valence-electron chi connectivity index (χ4n) is 3.95. The van der Waals surface area contributed by atoms with E-state index in [-0.39, 0.29) is 44.8 Å². The van der Waals surface area contributed by atoms with E-state index in [1.54, 1.807) is 6.08 Å². The van der Waals surface area contributed by atoms with Crippen molar-refractivity contribution < 1.29 is 23.9 Å². The van der Waals surface area contributed by atoms with Crippen LogP contribution in [0.15, 0.2) is 42.0 Å². The molecule has 0 bridgehead atoms. The van der Waals surface area contributed by atoms with Crippen LogP contribution in [0.4, 0.5) is 5.69 Å². The van der Waals surface area contributed by atoms with Crippen molar-refractivity contribution in [1.82, 2.24) is 5.32 Å². The molecule has 3 N–H and O–H groups in total. The van der Waals surface area contributed by atoms with Crippen molar-refractivity contribution in [1.29, 1.82) is 5.26 Å². The maximum absolute atomic E-state index is 12.4. The van der Waals surface area contributed by atoms with Crippen molar-refractivity contribution in [2.24, 2.45) is 5.73 Å². The quantitative estimate of drug-likeness (QED) is 0.201. The number of hydrogen-bond donors (Lipinski definition) is 2. The van der Waals surface area contributed by atoms with Crippen LogP contribution >= 0.6 is 0 Å². The first-order valence-corrected chi connectivity index (χ1v) is 12.2. The van der Waals surface area contributed by atoms with Gasteiger partial charge in [0.1, 0.15) is 18.2 Å². The van der Waals surface area contributed by atoms with Gasteiger partial charge in [0.15, 0.2) is 0 Å². The molecule has 0 aliphatic carbocycles. The van der Waals surface area contributed by atoms with E-state index in [4.69, 9.17) is 15.2 Å². The largest absolute Gasteiger partial charge is 0.463 e. The Balaban J connectivity index is 1.45. The topological polar surface area (TPSA) is 135 Å². The van der Waals surface area contributed by atoms with Gasteiger partial charge in [0, 0.05) is 31.7 Å². The smallest absolute Gasteiger partial charge is 0.306 e. The van der Waals surface area contributed by atoms with Crippen LogP contribution in [0.1, 0.15) is 37.7 Å². The molecule has 0 spiro atoms. The Morgan fingerprint density at radius 2 is 1.75 bits per heavy atom. The SMILES string of the molecule is N#C/C(=C\c1ccc2cc(N3CCCCC3)ccc2c1)C(=O)NCCOCCOC(=O)CCC(N)=O. The van der Waals surface area contributed by atoms with E-state index in [2.05, 4.69) is 28.4 Å². The summed E-state index contributed by atoms with van der Waals surface area (Å²) in [4.78, 5) is 36.8. The molecule has 0 aromatic heterocycles. The van der Waals surface area contributed by atoms with Crippen molar-refractivity contribution in [3.05, 3.63) is 47.5 Å². The van der Waals surface area contributed by atoms with Gasteiger partial charge in [-0.1, -0.05) is 18.2 Å². The zero-order chi connectivity index (χ0) is 25.8. The predicted molar refractivity (Wildman–Crippen MR) is 137 cm³/mol. The number of esters is 1. The Kier molecular flexibility index (Phi) is 10.3. The van der Waals surface area contributed by atoms with Gasteiger partial charge in [-0.25, -0.2) is 0 Å². The Morgan fingerprint density at radius 3 is 2.50 bits per heavy atom. The number of nitrogens with zero attached hydrogens (tertiary/aromatic N) is 2. The molecule has 0 radical (unpaired) electrons. The van der Waals surface area contributed by atoms with Crippen LogP contribution in [0, 0.1) is 11.3 Å². The van der Waals surface area contributed by atoms with Gasteiger partial charge >= 0.3 is 5.97 Å². The van der Waals surface area contributed by atoms with Crippen LogP contribution in [0.3, 0.4) is 0 Å². The second-order valence-corrected chi connectivity index (χ2v) is 8.56.